The van der Waals surface area contributed by atoms with Crippen LogP contribution in [-0.2, 0) is 13.6 Å². The van der Waals surface area contributed by atoms with Gasteiger partial charge in [0.25, 0.3) is 0 Å². The van der Waals surface area contributed by atoms with E-state index in [2.05, 4.69) is 35.2 Å². The maximum atomic E-state index is 4.20. The Morgan fingerprint density at radius 2 is 2.17 bits per heavy atom. The fraction of sp³-hybridized carbons (Fsp3) is 0.786. The van der Waals surface area contributed by atoms with Crippen molar-refractivity contribution >= 4 is 0 Å². The molecule has 4 nitrogen and oxygen atoms in total. The van der Waals surface area contributed by atoms with Gasteiger partial charge in [-0.3, -0.25) is 4.68 Å². The molecule has 0 saturated carbocycles. The molecule has 1 aromatic rings. The van der Waals surface area contributed by atoms with Crippen LogP contribution in [0.15, 0.2) is 12.3 Å². The summed E-state index contributed by atoms with van der Waals surface area (Å²) >= 11 is 0. The SMILES string of the molecule is CCN1CCC(C(C)NCc2ccnn2C)CC1. The number of piperidine rings is 1. The Labute approximate surface area is 110 Å². The number of aryl methyl sites for hydroxylation is 1. The van der Waals surface area contributed by atoms with Crippen LogP contribution < -0.4 is 5.32 Å². The Morgan fingerprint density at radius 1 is 1.44 bits per heavy atom. The summed E-state index contributed by atoms with van der Waals surface area (Å²) in [6.45, 7) is 9.22. The summed E-state index contributed by atoms with van der Waals surface area (Å²) in [6.07, 6.45) is 4.52. The molecule has 4 heteroatoms. The van der Waals surface area contributed by atoms with Gasteiger partial charge in [-0.1, -0.05) is 6.92 Å². The summed E-state index contributed by atoms with van der Waals surface area (Å²) in [5, 5.41) is 7.85. The maximum Gasteiger partial charge on any atom is 0.0518 e. The van der Waals surface area contributed by atoms with Crippen molar-refractivity contribution < 1.29 is 0 Å². The lowest BCUT2D eigenvalue weighted by atomic mass is 9.90. The average Bonchev–Trinajstić information content (AvgIpc) is 2.81. The molecule has 0 radical (unpaired) electrons. The molecule has 1 aliphatic rings. The van der Waals surface area contributed by atoms with E-state index in [1.165, 1.54) is 38.2 Å². The second kappa shape index (κ2) is 6.34. The highest BCUT2D eigenvalue weighted by Gasteiger charge is 2.22. The van der Waals surface area contributed by atoms with E-state index >= 15 is 0 Å². The van der Waals surface area contributed by atoms with Gasteiger partial charge in [-0.15, -0.1) is 0 Å². The molecule has 1 atom stereocenters. The number of hydrogen-bond donors (Lipinski definition) is 1. The lowest BCUT2D eigenvalue weighted by molar-refractivity contribution is 0.168. The molecule has 0 aromatic carbocycles. The number of likely N-dealkylation sites (tertiary alicyclic amines) is 1. The minimum Gasteiger partial charge on any atom is -0.308 e. The highest BCUT2D eigenvalue weighted by molar-refractivity contribution is 4.99. The van der Waals surface area contributed by atoms with E-state index in [9.17, 15) is 0 Å². The monoisotopic (exact) mass is 250 g/mol. The molecule has 1 saturated heterocycles. The summed E-state index contributed by atoms with van der Waals surface area (Å²) in [5.41, 5.74) is 1.26. The van der Waals surface area contributed by atoms with E-state index in [1.54, 1.807) is 0 Å². The van der Waals surface area contributed by atoms with Crippen LogP contribution in [-0.4, -0.2) is 40.4 Å². The van der Waals surface area contributed by atoms with Gasteiger partial charge in [0.2, 0.25) is 0 Å². The van der Waals surface area contributed by atoms with Crippen LogP contribution in [0, 0.1) is 5.92 Å². The van der Waals surface area contributed by atoms with Gasteiger partial charge in [-0.25, -0.2) is 0 Å². The van der Waals surface area contributed by atoms with Gasteiger partial charge in [0.1, 0.15) is 0 Å². The molecule has 18 heavy (non-hydrogen) atoms. The van der Waals surface area contributed by atoms with E-state index in [0.29, 0.717) is 6.04 Å². The first-order chi connectivity index (χ1) is 8.70. The summed E-state index contributed by atoms with van der Waals surface area (Å²) in [6, 6.07) is 2.68. The molecule has 1 aromatic heterocycles. The average molecular weight is 250 g/mol. The molecule has 102 valence electrons. The van der Waals surface area contributed by atoms with Crippen molar-refractivity contribution in [1.82, 2.24) is 20.0 Å². The lowest BCUT2D eigenvalue weighted by Gasteiger charge is -2.34. The van der Waals surface area contributed by atoms with Crippen LogP contribution >= 0.6 is 0 Å². The van der Waals surface area contributed by atoms with Crippen molar-refractivity contribution in [3.8, 4) is 0 Å². The molecule has 0 amide bonds. The van der Waals surface area contributed by atoms with Gasteiger partial charge in [0.05, 0.1) is 5.69 Å². The zero-order valence-electron chi connectivity index (χ0n) is 11.9. The molecule has 1 N–H and O–H groups in total. The zero-order chi connectivity index (χ0) is 13.0. The second-order valence-corrected chi connectivity index (χ2v) is 5.39. The first-order valence-electron chi connectivity index (χ1n) is 7.13. The Morgan fingerprint density at radius 3 is 2.72 bits per heavy atom. The van der Waals surface area contributed by atoms with E-state index in [1.807, 2.05) is 17.9 Å². The van der Waals surface area contributed by atoms with Crippen LogP contribution in [0.1, 0.15) is 32.4 Å². The zero-order valence-corrected chi connectivity index (χ0v) is 11.9. The van der Waals surface area contributed by atoms with Crippen molar-refractivity contribution in [2.75, 3.05) is 19.6 Å². The maximum absolute atomic E-state index is 4.20. The molecule has 1 aliphatic heterocycles. The van der Waals surface area contributed by atoms with Crippen LogP contribution in [0.25, 0.3) is 0 Å². The fourth-order valence-electron chi connectivity index (χ4n) is 2.78. The highest BCUT2D eigenvalue weighted by atomic mass is 15.3. The Kier molecular flexibility index (Phi) is 4.78. The number of nitrogens with zero attached hydrogens (tertiary/aromatic N) is 3. The fourth-order valence-corrected chi connectivity index (χ4v) is 2.78. The first kappa shape index (κ1) is 13.6. The van der Waals surface area contributed by atoms with Gasteiger partial charge < -0.3 is 10.2 Å². The summed E-state index contributed by atoms with van der Waals surface area (Å²) in [5.74, 6) is 0.820. The molecule has 1 unspecified atom stereocenters. The second-order valence-electron chi connectivity index (χ2n) is 5.39. The summed E-state index contributed by atoms with van der Waals surface area (Å²) < 4.78 is 1.94. The third-order valence-electron chi connectivity index (χ3n) is 4.31. The third-order valence-corrected chi connectivity index (χ3v) is 4.31. The van der Waals surface area contributed by atoms with Crippen molar-refractivity contribution in [2.45, 2.75) is 39.3 Å². The van der Waals surface area contributed by atoms with Crippen LogP contribution in [0.2, 0.25) is 0 Å². The molecular formula is C14H26N4. The molecule has 0 bridgehead atoms. The quantitative estimate of drug-likeness (QED) is 0.862. The van der Waals surface area contributed by atoms with E-state index in [-0.39, 0.29) is 0 Å². The normalized spacial score (nSPS) is 20.2. The summed E-state index contributed by atoms with van der Waals surface area (Å²) in [4.78, 5) is 2.55. The standard InChI is InChI=1S/C14H26N4/c1-4-18-9-6-13(7-10-18)12(2)15-11-14-5-8-16-17(14)3/h5,8,12-13,15H,4,6-7,9-11H2,1-3H3. The van der Waals surface area contributed by atoms with Crippen LogP contribution in [0.4, 0.5) is 0 Å². The van der Waals surface area contributed by atoms with Gasteiger partial charge in [-0.2, -0.15) is 5.10 Å². The molecule has 2 rings (SSSR count). The Bertz CT molecular complexity index is 352. The summed E-state index contributed by atoms with van der Waals surface area (Å²) in [7, 11) is 2.00. The topological polar surface area (TPSA) is 33.1 Å². The highest BCUT2D eigenvalue weighted by Crippen LogP contribution is 2.20. The number of rotatable bonds is 5. The van der Waals surface area contributed by atoms with Crippen molar-refractivity contribution in [2.24, 2.45) is 13.0 Å². The predicted octanol–water partition coefficient (Wildman–Crippen LogP) is 1.63. The minimum atomic E-state index is 0.596. The van der Waals surface area contributed by atoms with E-state index < -0.39 is 0 Å². The smallest absolute Gasteiger partial charge is 0.0518 e. The van der Waals surface area contributed by atoms with Crippen LogP contribution in [0.5, 0.6) is 0 Å². The third kappa shape index (κ3) is 3.33. The van der Waals surface area contributed by atoms with Gasteiger partial charge in [0.15, 0.2) is 0 Å². The van der Waals surface area contributed by atoms with E-state index in [0.717, 1.165) is 12.5 Å². The van der Waals surface area contributed by atoms with Gasteiger partial charge >= 0.3 is 0 Å². The van der Waals surface area contributed by atoms with Gasteiger partial charge in [-0.05, 0) is 51.4 Å². The van der Waals surface area contributed by atoms with Crippen molar-refractivity contribution in [3.63, 3.8) is 0 Å². The predicted molar refractivity (Wildman–Crippen MR) is 74.3 cm³/mol. The molecular weight excluding hydrogens is 224 g/mol. The van der Waals surface area contributed by atoms with Crippen molar-refractivity contribution in [3.05, 3.63) is 18.0 Å². The Hall–Kier alpha value is -0.870. The molecule has 1 fully saturated rings. The number of aromatic nitrogens is 2. The molecule has 0 spiro atoms. The van der Waals surface area contributed by atoms with Gasteiger partial charge in [0, 0.05) is 25.8 Å². The number of nitrogens with one attached hydrogen (secondary N) is 1. The van der Waals surface area contributed by atoms with E-state index in [4.69, 9.17) is 0 Å². The first-order valence-corrected chi connectivity index (χ1v) is 7.13. The largest absolute Gasteiger partial charge is 0.308 e. The van der Waals surface area contributed by atoms with Crippen molar-refractivity contribution in [1.29, 1.82) is 0 Å². The lowest BCUT2D eigenvalue weighted by Crippen LogP contribution is -2.41. The minimum absolute atomic E-state index is 0.596. The number of hydrogen-bond acceptors (Lipinski definition) is 3. The Balaban J connectivity index is 1.75. The molecule has 2 heterocycles. The van der Waals surface area contributed by atoms with Crippen LogP contribution in [0.3, 0.4) is 0 Å². The molecule has 0 aliphatic carbocycles.